The second-order valence-electron chi connectivity index (χ2n) is 6.06. The Labute approximate surface area is 163 Å². The van der Waals surface area contributed by atoms with Crippen LogP contribution in [0.15, 0.2) is 16.9 Å². The number of fused-ring (bicyclic) bond motifs is 1. The van der Waals surface area contributed by atoms with Crippen molar-refractivity contribution in [1.82, 2.24) is 9.36 Å². The molecule has 0 atom stereocenters. The zero-order valence-corrected chi connectivity index (χ0v) is 15.9. The van der Waals surface area contributed by atoms with Gasteiger partial charge in [-0.25, -0.2) is 9.07 Å². The summed E-state index contributed by atoms with van der Waals surface area (Å²) in [6, 6.07) is 2.24. The number of nitrogens with zero attached hydrogens (tertiary/aromatic N) is 2. The van der Waals surface area contributed by atoms with E-state index in [1.807, 2.05) is 0 Å². The Morgan fingerprint density at radius 2 is 1.89 bits per heavy atom. The quantitative estimate of drug-likeness (QED) is 0.777. The van der Waals surface area contributed by atoms with Crippen LogP contribution < -0.4 is 10.9 Å². The highest BCUT2D eigenvalue weighted by Gasteiger charge is 2.25. The normalized spacial score (nSPS) is 13.2. The van der Waals surface area contributed by atoms with Gasteiger partial charge in [-0.3, -0.25) is 19.1 Å². The van der Waals surface area contributed by atoms with Crippen LogP contribution in [-0.2, 0) is 27.4 Å². The molecule has 0 fully saturated rings. The lowest BCUT2D eigenvalue weighted by molar-refractivity contribution is -0.144. The highest BCUT2D eigenvalue weighted by atomic mass is 35.5. The number of carbonyl (C=O) groups is 2. The summed E-state index contributed by atoms with van der Waals surface area (Å²) in [5.74, 6) is -2.00. The monoisotopic (exact) mass is 415 g/mol. The summed E-state index contributed by atoms with van der Waals surface area (Å²) in [6.07, 6.45) is 1.70. The number of carbonyl (C=O) groups excluding carboxylic acids is 2. The third-order valence-electron chi connectivity index (χ3n) is 4.17. The first-order valence-corrected chi connectivity index (χ1v) is 8.97. The molecule has 0 radical (unpaired) electrons. The number of halogens is 3. The van der Waals surface area contributed by atoms with Gasteiger partial charge in [-0.05, 0) is 25.0 Å². The van der Waals surface area contributed by atoms with E-state index < -0.39 is 29.9 Å². The molecule has 27 heavy (non-hydrogen) atoms. The fourth-order valence-electron chi connectivity index (χ4n) is 2.94. The Bertz CT molecular complexity index is 984. The van der Waals surface area contributed by atoms with Crippen molar-refractivity contribution >= 4 is 40.8 Å². The minimum atomic E-state index is -0.736. The van der Waals surface area contributed by atoms with E-state index in [4.69, 9.17) is 23.2 Å². The molecular formula is C17H16Cl2FN3O4. The molecule has 1 N–H and O–H groups in total. The van der Waals surface area contributed by atoms with Crippen molar-refractivity contribution in [3.63, 3.8) is 0 Å². The number of anilines is 1. The first kappa shape index (κ1) is 19.4. The number of aromatic nitrogens is 2. The molecule has 0 saturated heterocycles. The molecule has 0 bridgehead atoms. The minimum Gasteiger partial charge on any atom is -0.456 e. The smallest absolute Gasteiger partial charge is 0.303 e. The van der Waals surface area contributed by atoms with Crippen LogP contribution >= 0.6 is 23.2 Å². The first-order chi connectivity index (χ1) is 12.8. The maximum Gasteiger partial charge on any atom is 0.303 e. The summed E-state index contributed by atoms with van der Waals surface area (Å²) in [7, 11) is 0. The molecule has 1 amide bonds. The maximum atomic E-state index is 14.5. The van der Waals surface area contributed by atoms with Crippen molar-refractivity contribution < 1.29 is 18.7 Å². The lowest BCUT2D eigenvalue weighted by Gasteiger charge is -2.17. The van der Waals surface area contributed by atoms with E-state index in [2.05, 4.69) is 10.1 Å². The molecule has 0 saturated carbocycles. The predicted octanol–water partition coefficient (Wildman–Crippen LogP) is 3.06. The van der Waals surface area contributed by atoms with E-state index in [1.54, 1.807) is 4.68 Å². The lowest BCUT2D eigenvalue weighted by Crippen LogP contribution is -2.27. The summed E-state index contributed by atoms with van der Waals surface area (Å²) in [6.45, 7) is 1.72. The first-order valence-electron chi connectivity index (χ1n) is 8.21. The number of hydrogen-bond donors (Lipinski definition) is 1. The molecule has 2 aromatic rings. The van der Waals surface area contributed by atoms with Crippen molar-refractivity contribution in [2.24, 2.45) is 0 Å². The highest BCUT2D eigenvalue weighted by molar-refractivity contribution is 6.34. The second kappa shape index (κ2) is 7.74. The van der Waals surface area contributed by atoms with Crippen LogP contribution in [0, 0.1) is 5.82 Å². The predicted molar refractivity (Wildman–Crippen MR) is 98.6 cm³/mol. The average molecular weight is 416 g/mol. The van der Waals surface area contributed by atoms with E-state index in [0.717, 1.165) is 18.9 Å². The van der Waals surface area contributed by atoms with Crippen molar-refractivity contribution in [3.05, 3.63) is 38.5 Å². The molecule has 3 rings (SSSR count). The van der Waals surface area contributed by atoms with Gasteiger partial charge in [-0.1, -0.05) is 23.2 Å². The standard InChI is InChI=1S/C17H16Cl2FN3O4/c1-9(24)27-8-14(25)21-13-6-10(12(20)7-11(13)18)15-16(19)22-4-2-3-5-23(22)17(15)26/h6-7H,2-5,8H2,1H3,(H,21,25). The topological polar surface area (TPSA) is 82.3 Å². The van der Waals surface area contributed by atoms with Crippen LogP contribution in [-0.4, -0.2) is 27.8 Å². The number of benzene rings is 1. The van der Waals surface area contributed by atoms with Gasteiger partial charge in [0.05, 0.1) is 16.3 Å². The Morgan fingerprint density at radius 1 is 1.22 bits per heavy atom. The number of hydrogen-bond acceptors (Lipinski definition) is 4. The number of rotatable bonds is 4. The second-order valence-corrected chi connectivity index (χ2v) is 6.83. The number of amides is 1. The van der Waals surface area contributed by atoms with E-state index >= 15 is 0 Å². The molecule has 144 valence electrons. The molecule has 1 aliphatic rings. The van der Waals surface area contributed by atoms with Crippen LogP contribution in [0.4, 0.5) is 10.1 Å². The highest BCUT2D eigenvalue weighted by Crippen LogP contribution is 2.34. The SMILES string of the molecule is CC(=O)OCC(=O)Nc1cc(-c2c(Cl)n3n(c2=O)CCCC3)c(F)cc1Cl. The molecule has 1 aromatic carbocycles. The maximum absolute atomic E-state index is 14.5. The number of esters is 1. The molecule has 1 aromatic heterocycles. The molecule has 2 heterocycles. The molecular weight excluding hydrogens is 400 g/mol. The van der Waals surface area contributed by atoms with Gasteiger partial charge in [0.1, 0.15) is 11.0 Å². The van der Waals surface area contributed by atoms with E-state index in [0.29, 0.717) is 13.1 Å². The molecule has 7 nitrogen and oxygen atoms in total. The van der Waals surface area contributed by atoms with Crippen LogP contribution in [0.25, 0.3) is 11.1 Å². The Balaban J connectivity index is 2.00. The average Bonchev–Trinajstić information content (AvgIpc) is 2.87. The molecule has 1 aliphatic heterocycles. The summed E-state index contributed by atoms with van der Waals surface area (Å²) in [4.78, 5) is 35.3. The van der Waals surface area contributed by atoms with Gasteiger partial charge in [0.2, 0.25) is 0 Å². The van der Waals surface area contributed by atoms with E-state index in [1.165, 1.54) is 17.7 Å². The third-order valence-corrected chi connectivity index (χ3v) is 4.87. The molecule has 0 aliphatic carbocycles. The molecule has 10 heteroatoms. The molecule has 0 unspecified atom stereocenters. The minimum absolute atomic E-state index is 0.0169. The van der Waals surface area contributed by atoms with Crippen LogP contribution in [0.3, 0.4) is 0 Å². The Hall–Kier alpha value is -2.32. The van der Waals surface area contributed by atoms with E-state index in [9.17, 15) is 18.8 Å². The Kier molecular flexibility index (Phi) is 5.57. The van der Waals surface area contributed by atoms with Gasteiger partial charge in [0.25, 0.3) is 11.5 Å². The Morgan fingerprint density at radius 3 is 2.52 bits per heavy atom. The van der Waals surface area contributed by atoms with Gasteiger partial charge >= 0.3 is 5.97 Å². The number of ether oxygens (including phenoxy) is 1. The summed E-state index contributed by atoms with van der Waals surface area (Å²) in [5, 5.41) is 2.50. The lowest BCUT2D eigenvalue weighted by atomic mass is 10.1. The van der Waals surface area contributed by atoms with Crippen molar-refractivity contribution in [2.75, 3.05) is 11.9 Å². The van der Waals surface area contributed by atoms with Gasteiger partial charge in [0.15, 0.2) is 6.61 Å². The van der Waals surface area contributed by atoms with E-state index in [-0.39, 0.29) is 27.0 Å². The summed E-state index contributed by atoms with van der Waals surface area (Å²) in [5.41, 5.74) is -0.372. The van der Waals surface area contributed by atoms with Crippen molar-refractivity contribution in [3.8, 4) is 11.1 Å². The van der Waals surface area contributed by atoms with Gasteiger partial charge in [-0.2, -0.15) is 0 Å². The largest absolute Gasteiger partial charge is 0.456 e. The van der Waals surface area contributed by atoms with Gasteiger partial charge < -0.3 is 10.1 Å². The third kappa shape index (κ3) is 3.86. The van der Waals surface area contributed by atoms with Crippen molar-refractivity contribution in [1.29, 1.82) is 0 Å². The zero-order valence-electron chi connectivity index (χ0n) is 14.4. The van der Waals surface area contributed by atoms with Crippen LogP contribution in [0.1, 0.15) is 19.8 Å². The zero-order chi connectivity index (χ0) is 19.7. The number of nitrogens with one attached hydrogen (secondary N) is 1. The summed E-state index contributed by atoms with van der Waals surface area (Å²) < 4.78 is 22.3. The summed E-state index contributed by atoms with van der Waals surface area (Å²) >= 11 is 12.3. The molecule has 0 spiro atoms. The van der Waals surface area contributed by atoms with Crippen LogP contribution in [0.2, 0.25) is 10.2 Å². The fraction of sp³-hybridized carbons (Fsp3) is 0.353. The van der Waals surface area contributed by atoms with Gasteiger partial charge in [0, 0.05) is 25.6 Å². The van der Waals surface area contributed by atoms with Gasteiger partial charge in [-0.15, -0.1) is 0 Å². The fourth-order valence-corrected chi connectivity index (χ4v) is 3.50. The van der Waals surface area contributed by atoms with Crippen LogP contribution in [0.5, 0.6) is 0 Å². The van der Waals surface area contributed by atoms with Crippen molar-refractivity contribution in [2.45, 2.75) is 32.9 Å².